The van der Waals surface area contributed by atoms with Gasteiger partial charge in [-0.1, -0.05) is 12.1 Å². The fourth-order valence-electron chi connectivity index (χ4n) is 2.67. The molecule has 0 atom stereocenters. The summed E-state index contributed by atoms with van der Waals surface area (Å²) in [5, 5.41) is 0. The van der Waals surface area contributed by atoms with Gasteiger partial charge in [0.05, 0.1) is 0 Å². The van der Waals surface area contributed by atoms with Gasteiger partial charge < -0.3 is 5.73 Å². The van der Waals surface area contributed by atoms with E-state index in [1.807, 2.05) is 6.07 Å². The molecule has 0 unspecified atom stereocenters. The van der Waals surface area contributed by atoms with E-state index >= 15 is 0 Å². The molecule has 0 spiro atoms. The average molecular weight is 261 g/mol. The van der Waals surface area contributed by atoms with Crippen LogP contribution < -0.4 is 5.73 Å². The van der Waals surface area contributed by atoms with Crippen LogP contribution in [0.5, 0.6) is 0 Å². The lowest BCUT2D eigenvalue weighted by molar-refractivity contribution is 0.0591. The zero-order chi connectivity index (χ0) is 14.0. The number of nitrogens with two attached hydrogens (primary N) is 1. The summed E-state index contributed by atoms with van der Waals surface area (Å²) in [5.41, 5.74) is 9.61. The lowest BCUT2D eigenvalue weighted by Gasteiger charge is -2.42. The topological polar surface area (TPSA) is 32.5 Å². The van der Waals surface area contributed by atoms with Crippen LogP contribution >= 0.6 is 0 Å². The first-order valence-electron chi connectivity index (χ1n) is 7.19. The van der Waals surface area contributed by atoms with Crippen molar-refractivity contribution in [1.29, 1.82) is 0 Å². The molecule has 19 heavy (non-hydrogen) atoms. The van der Waals surface area contributed by atoms with E-state index in [9.17, 15) is 0 Å². The standard InChI is InChI=1S/C16H27N3/c1-13-11-14(5-6-15(13)17)12-18-7-9-19(10-8-18)16(2,3)4/h5-6,11H,7-10,12,17H2,1-4H3. The molecule has 0 saturated carbocycles. The summed E-state index contributed by atoms with van der Waals surface area (Å²) in [7, 11) is 0. The molecule has 2 rings (SSSR count). The van der Waals surface area contributed by atoms with E-state index in [-0.39, 0.29) is 0 Å². The first kappa shape index (κ1) is 14.4. The summed E-state index contributed by atoms with van der Waals surface area (Å²) < 4.78 is 0. The van der Waals surface area contributed by atoms with Crippen LogP contribution in [0.3, 0.4) is 0 Å². The summed E-state index contributed by atoms with van der Waals surface area (Å²) in [4.78, 5) is 5.10. The molecule has 1 aliphatic heterocycles. The van der Waals surface area contributed by atoms with Gasteiger partial charge in [0.25, 0.3) is 0 Å². The van der Waals surface area contributed by atoms with Gasteiger partial charge in [-0.2, -0.15) is 0 Å². The van der Waals surface area contributed by atoms with Crippen LogP contribution in [0.4, 0.5) is 5.69 Å². The highest BCUT2D eigenvalue weighted by Gasteiger charge is 2.25. The third-order valence-electron chi connectivity index (χ3n) is 4.06. The number of nitrogens with zero attached hydrogens (tertiary/aromatic N) is 2. The van der Waals surface area contributed by atoms with Gasteiger partial charge in [0, 0.05) is 44.0 Å². The fraction of sp³-hybridized carbons (Fsp3) is 0.625. The van der Waals surface area contributed by atoms with E-state index < -0.39 is 0 Å². The SMILES string of the molecule is Cc1cc(CN2CCN(C(C)(C)C)CC2)ccc1N. The first-order valence-corrected chi connectivity index (χ1v) is 7.19. The predicted molar refractivity (Wildman–Crippen MR) is 82.2 cm³/mol. The molecule has 0 amide bonds. The summed E-state index contributed by atoms with van der Waals surface area (Å²) >= 11 is 0. The minimum absolute atomic E-state index is 0.296. The van der Waals surface area contributed by atoms with Crippen molar-refractivity contribution in [3.63, 3.8) is 0 Å². The highest BCUT2D eigenvalue weighted by atomic mass is 15.3. The average Bonchev–Trinajstić information content (AvgIpc) is 2.33. The summed E-state index contributed by atoms with van der Waals surface area (Å²) in [6.07, 6.45) is 0. The Bertz CT molecular complexity index is 426. The number of piperazine rings is 1. The lowest BCUT2D eigenvalue weighted by atomic mass is 10.0. The Labute approximate surface area is 117 Å². The maximum Gasteiger partial charge on any atom is 0.0343 e. The maximum atomic E-state index is 5.87. The van der Waals surface area contributed by atoms with E-state index in [0.717, 1.165) is 38.4 Å². The van der Waals surface area contributed by atoms with Crippen LogP contribution in [-0.2, 0) is 6.54 Å². The van der Waals surface area contributed by atoms with Crippen molar-refractivity contribution in [3.8, 4) is 0 Å². The molecule has 1 heterocycles. The third kappa shape index (κ3) is 3.71. The zero-order valence-corrected chi connectivity index (χ0v) is 12.7. The van der Waals surface area contributed by atoms with Crippen molar-refractivity contribution < 1.29 is 0 Å². The van der Waals surface area contributed by atoms with E-state index in [1.54, 1.807) is 0 Å². The van der Waals surface area contributed by atoms with Gasteiger partial charge >= 0.3 is 0 Å². The highest BCUT2D eigenvalue weighted by Crippen LogP contribution is 2.18. The van der Waals surface area contributed by atoms with Gasteiger partial charge in [0.2, 0.25) is 0 Å². The predicted octanol–water partition coefficient (Wildman–Crippen LogP) is 2.49. The Morgan fingerprint density at radius 3 is 2.26 bits per heavy atom. The van der Waals surface area contributed by atoms with Gasteiger partial charge in [0.15, 0.2) is 0 Å². The lowest BCUT2D eigenvalue weighted by Crippen LogP contribution is -2.53. The molecule has 106 valence electrons. The Morgan fingerprint density at radius 2 is 1.74 bits per heavy atom. The number of hydrogen-bond donors (Lipinski definition) is 1. The van der Waals surface area contributed by atoms with Crippen LogP contribution in [0.2, 0.25) is 0 Å². The van der Waals surface area contributed by atoms with Crippen LogP contribution in [0.1, 0.15) is 31.9 Å². The van der Waals surface area contributed by atoms with Crippen LogP contribution in [0.15, 0.2) is 18.2 Å². The second kappa shape index (κ2) is 5.51. The molecule has 1 aromatic rings. The number of benzene rings is 1. The first-order chi connectivity index (χ1) is 8.86. The zero-order valence-electron chi connectivity index (χ0n) is 12.7. The summed E-state index contributed by atoms with van der Waals surface area (Å²) in [6, 6.07) is 6.39. The Hall–Kier alpha value is -1.06. The Kier molecular flexibility index (Phi) is 4.16. The number of hydrogen-bond acceptors (Lipinski definition) is 3. The molecular weight excluding hydrogens is 234 g/mol. The van der Waals surface area contributed by atoms with Gasteiger partial charge in [0.1, 0.15) is 0 Å². The molecule has 0 aromatic heterocycles. The molecule has 3 nitrogen and oxygen atoms in total. The maximum absolute atomic E-state index is 5.87. The number of rotatable bonds is 2. The van der Waals surface area contributed by atoms with Crippen molar-refractivity contribution in [2.24, 2.45) is 0 Å². The molecule has 0 bridgehead atoms. The fourth-order valence-corrected chi connectivity index (χ4v) is 2.67. The van der Waals surface area contributed by atoms with Gasteiger partial charge in [-0.05, 0) is 44.9 Å². The van der Waals surface area contributed by atoms with Gasteiger partial charge in [-0.3, -0.25) is 9.80 Å². The van der Waals surface area contributed by atoms with Gasteiger partial charge in [-0.15, -0.1) is 0 Å². The van der Waals surface area contributed by atoms with Crippen LogP contribution in [0, 0.1) is 6.92 Å². The minimum Gasteiger partial charge on any atom is -0.399 e. The second-order valence-electron chi connectivity index (χ2n) is 6.62. The number of nitrogen functional groups attached to an aromatic ring is 1. The van der Waals surface area contributed by atoms with Crippen molar-refractivity contribution in [2.75, 3.05) is 31.9 Å². The normalized spacial score (nSPS) is 18.7. The molecular formula is C16H27N3. The monoisotopic (exact) mass is 261 g/mol. The summed E-state index contributed by atoms with van der Waals surface area (Å²) in [6.45, 7) is 14.6. The smallest absolute Gasteiger partial charge is 0.0343 e. The molecule has 1 saturated heterocycles. The molecule has 0 radical (unpaired) electrons. The quantitative estimate of drug-likeness (QED) is 0.830. The van der Waals surface area contributed by atoms with Crippen molar-refractivity contribution in [3.05, 3.63) is 29.3 Å². The molecule has 2 N–H and O–H groups in total. The molecule has 3 heteroatoms. The number of aryl methyl sites for hydroxylation is 1. The molecule has 1 aromatic carbocycles. The third-order valence-corrected chi connectivity index (χ3v) is 4.06. The largest absolute Gasteiger partial charge is 0.399 e. The van der Waals surface area contributed by atoms with Crippen molar-refractivity contribution in [1.82, 2.24) is 9.80 Å². The van der Waals surface area contributed by atoms with E-state index in [2.05, 4.69) is 49.6 Å². The van der Waals surface area contributed by atoms with Crippen molar-refractivity contribution in [2.45, 2.75) is 39.8 Å². The van der Waals surface area contributed by atoms with Crippen LogP contribution in [-0.4, -0.2) is 41.5 Å². The Morgan fingerprint density at radius 1 is 1.11 bits per heavy atom. The Balaban J connectivity index is 1.90. The highest BCUT2D eigenvalue weighted by molar-refractivity contribution is 5.47. The molecule has 0 aliphatic carbocycles. The van der Waals surface area contributed by atoms with E-state index in [1.165, 1.54) is 11.1 Å². The molecule has 1 fully saturated rings. The van der Waals surface area contributed by atoms with E-state index in [4.69, 9.17) is 5.73 Å². The van der Waals surface area contributed by atoms with Gasteiger partial charge in [-0.25, -0.2) is 0 Å². The van der Waals surface area contributed by atoms with E-state index in [0.29, 0.717) is 5.54 Å². The van der Waals surface area contributed by atoms with Crippen LogP contribution in [0.25, 0.3) is 0 Å². The number of anilines is 1. The van der Waals surface area contributed by atoms with Crippen molar-refractivity contribution >= 4 is 5.69 Å². The molecule has 1 aliphatic rings. The summed E-state index contributed by atoms with van der Waals surface area (Å²) in [5.74, 6) is 0. The second-order valence-corrected chi connectivity index (χ2v) is 6.62. The minimum atomic E-state index is 0.296.